The fourth-order valence-corrected chi connectivity index (χ4v) is 3.59. The summed E-state index contributed by atoms with van der Waals surface area (Å²) in [6.07, 6.45) is 6.14. The third-order valence-corrected chi connectivity index (χ3v) is 5.33. The maximum absolute atomic E-state index is 12.2. The number of aromatic amines is 1. The minimum Gasteiger partial charge on any atom is -0.493 e. The Hall–Kier alpha value is -4.40. The SMILES string of the molecule is O=c1[nH]c(O)cn1C(CCc1ccncc1)COc1ccc(-c2cccc([N+](=O)[O-])c2)cc1. The Morgan fingerprint density at radius 3 is 2.52 bits per heavy atom. The van der Waals surface area contributed by atoms with Gasteiger partial charge in [-0.25, -0.2) is 4.79 Å². The Balaban J connectivity index is 1.47. The molecule has 0 amide bonds. The molecule has 2 N–H and O–H groups in total. The van der Waals surface area contributed by atoms with Crippen molar-refractivity contribution in [3.63, 3.8) is 0 Å². The summed E-state index contributed by atoms with van der Waals surface area (Å²) < 4.78 is 7.39. The first-order valence-corrected chi connectivity index (χ1v) is 10.4. The summed E-state index contributed by atoms with van der Waals surface area (Å²) >= 11 is 0. The lowest BCUT2D eigenvalue weighted by Crippen LogP contribution is -2.26. The van der Waals surface area contributed by atoms with Crippen molar-refractivity contribution in [1.29, 1.82) is 0 Å². The first-order valence-electron chi connectivity index (χ1n) is 10.4. The van der Waals surface area contributed by atoms with E-state index in [4.69, 9.17) is 4.74 Å². The summed E-state index contributed by atoms with van der Waals surface area (Å²) in [6, 6.07) is 17.2. The highest BCUT2D eigenvalue weighted by molar-refractivity contribution is 5.66. The standard InChI is InChI=1S/C24H22N4O5/c29-23-15-27(24(30)26-23)21(7-4-17-10-12-25-13-11-17)16-33-22-8-5-18(6-9-22)19-2-1-3-20(14-19)28(31)32/h1-3,5-6,8-15,21,29H,4,7,16H2,(H,26,30). The lowest BCUT2D eigenvalue weighted by Gasteiger charge is -2.18. The summed E-state index contributed by atoms with van der Waals surface area (Å²) in [5.41, 5.74) is 2.28. The van der Waals surface area contributed by atoms with Crippen LogP contribution >= 0.6 is 0 Å². The molecule has 2 aromatic carbocycles. The molecule has 0 saturated carbocycles. The van der Waals surface area contributed by atoms with Gasteiger partial charge in [0.1, 0.15) is 12.4 Å². The van der Waals surface area contributed by atoms with Crippen molar-refractivity contribution >= 4 is 5.69 Å². The molecule has 4 rings (SSSR count). The van der Waals surface area contributed by atoms with E-state index in [9.17, 15) is 20.0 Å². The summed E-state index contributed by atoms with van der Waals surface area (Å²) in [5, 5.41) is 20.7. The number of hydrogen-bond donors (Lipinski definition) is 2. The van der Waals surface area contributed by atoms with Crippen LogP contribution in [-0.4, -0.2) is 31.2 Å². The van der Waals surface area contributed by atoms with Crippen LogP contribution in [0, 0.1) is 10.1 Å². The summed E-state index contributed by atoms with van der Waals surface area (Å²) in [7, 11) is 0. The molecular weight excluding hydrogens is 424 g/mol. The van der Waals surface area contributed by atoms with E-state index in [1.807, 2.05) is 30.3 Å². The second kappa shape index (κ2) is 9.82. The van der Waals surface area contributed by atoms with Crippen molar-refractivity contribution in [2.75, 3.05) is 6.61 Å². The number of aryl methyl sites for hydroxylation is 1. The molecular formula is C24H22N4O5. The molecule has 9 nitrogen and oxygen atoms in total. The molecule has 9 heteroatoms. The van der Waals surface area contributed by atoms with Crippen LogP contribution in [0.25, 0.3) is 11.1 Å². The number of imidazole rings is 1. The Labute approximate surface area is 189 Å². The monoisotopic (exact) mass is 446 g/mol. The van der Waals surface area contributed by atoms with Crippen LogP contribution in [-0.2, 0) is 6.42 Å². The van der Waals surface area contributed by atoms with Gasteiger partial charge in [0.05, 0.1) is 17.2 Å². The summed E-state index contributed by atoms with van der Waals surface area (Å²) in [4.78, 5) is 29.2. The topological polar surface area (TPSA) is 123 Å². The van der Waals surface area contributed by atoms with Crippen molar-refractivity contribution in [1.82, 2.24) is 14.5 Å². The Kier molecular flexibility index (Phi) is 6.49. The van der Waals surface area contributed by atoms with Crippen LogP contribution in [0.2, 0.25) is 0 Å². The lowest BCUT2D eigenvalue weighted by molar-refractivity contribution is -0.384. The lowest BCUT2D eigenvalue weighted by atomic mass is 10.0. The molecule has 0 bridgehead atoms. The molecule has 168 valence electrons. The molecule has 2 heterocycles. The number of aromatic nitrogens is 3. The van der Waals surface area contributed by atoms with Crippen LogP contribution in [0.4, 0.5) is 5.69 Å². The largest absolute Gasteiger partial charge is 0.493 e. The van der Waals surface area contributed by atoms with Gasteiger partial charge in [-0.15, -0.1) is 0 Å². The van der Waals surface area contributed by atoms with Crippen molar-refractivity contribution in [3.8, 4) is 22.8 Å². The third kappa shape index (κ3) is 5.45. The highest BCUT2D eigenvalue weighted by atomic mass is 16.6. The van der Waals surface area contributed by atoms with Crippen LogP contribution in [0.15, 0.2) is 84.0 Å². The molecule has 0 aliphatic carbocycles. The first kappa shape index (κ1) is 21.8. The highest BCUT2D eigenvalue weighted by Crippen LogP contribution is 2.26. The number of non-ortho nitro benzene ring substituents is 1. The van der Waals surface area contributed by atoms with Crippen molar-refractivity contribution in [2.45, 2.75) is 18.9 Å². The van der Waals surface area contributed by atoms with Crippen molar-refractivity contribution in [3.05, 3.63) is 105 Å². The number of benzene rings is 2. The minimum absolute atomic E-state index is 0.0325. The fourth-order valence-electron chi connectivity index (χ4n) is 3.59. The van der Waals surface area contributed by atoms with Gasteiger partial charge in [-0.05, 0) is 53.8 Å². The van der Waals surface area contributed by atoms with Gasteiger partial charge in [0.2, 0.25) is 5.88 Å². The smallest absolute Gasteiger partial charge is 0.328 e. The summed E-state index contributed by atoms with van der Waals surface area (Å²) in [5.74, 6) is 0.404. The van der Waals surface area contributed by atoms with E-state index in [1.165, 1.54) is 22.9 Å². The Morgan fingerprint density at radius 2 is 1.85 bits per heavy atom. The fraction of sp³-hybridized carbons (Fsp3) is 0.167. The molecule has 4 aromatic rings. The number of nitro groups is 1. The zero-order valence-corrected chi connectivity index (χ0v) is 17.6. The predicted molar refractivity (Wildman–Crippen MR) is 122 cm³/mol. The Bertz CT molecular complexity index is 1280. The molecule has 33 heavy (non-hydrogen) atoms. The maximum Gasteiger partial charge on any atom is 0.328 e. The molecule has 0 aliphatic rings. The van der Waals surface area contributed by atoms with Gasteiger partial charge < -0.3 is 9.84 Å². The van der Waals surface area contributed by atoms with Gasteiger partial charge in [0, 0.05) is 24.5 Å². The molecule has 0 fully saturated rings. The molecule has 2 aromatic heterocycles. The van der Waals surface area contributed by atoms with E-state index in [0.717, 1.165) is 16.7 Å². The number of aromatic hydroxyl groups is 1. The van der Waals surface area contributed by atoms with E-state index in [1.54, 1.807) is 30.6 Å². The normalized spacial score (nSPS) is 11.8. The number of hydrogen-bond acceptors (Lipinski definition) is 6. The number of rotatable bonds is 9. The average molecular weight is 446 g/mol. The zero-order valence-electron chi connectivity index (χ0n) is 17.6. The van der Waals surface area contributed by atoms with Gasteiger partial charge in [-0.3, -0.25) is 24.6 Å². The first-order chi connectivity index (χ1) is 16.0. The predicted octanol–water partition coefficient (Wildman–Crippen LogP) is 4.11. The van der Waals surface area contributed by atoms with E-state index < -0.39 is 10.6 Å². The average Bonchev–Trinajstić information content (AvgIpc) is 3.17. The molecule has 0 spiro atoms. The molecule has 0 saturated heterocycles. The van der Waals surface area contributed by atoms with Gasteiger partial charge in [0.15, 0.2) is 0 Å². The van der Waals surface area contributed by atoms with E-state index in [2.05, 4.69) is 9.97 Å². The van der Waals surface area contributed by atoms with Crippen LogP contribution in [0.3, 0.4) is 0 Å². The number of nitrogens with zero attached hydrogens (tertiary/aromatic N) is 3. The quantitative estimate of drug-likeness (QED) is 0.295. The summed E-state index contributed by atoms with van der Waals surface area (Å²) in [6.45, 7) is 0.221. The second-order valence-corrected chi connectivity index (χ2v) is 7.54. The van der Waals surface area contributed by atoms with Crippen molar-refractivity contribution in [2.24, 2.45) is 0 Å². The van der Waals surface area contributed by atoms with Crippen molar-refractivity contribution < 1.29 is 14.8 Å². The molecule has 0 radical (unpaired) electrons. The third-order valence-electron chi connectivity index (χ3n) is 5.33. The molecule has 0 aliphatic heterocycles. The van der Waals surface area contributed by atoms with Crippen LogP contribution in [0.1, 0.15) is 18.0 Å². The molecule has 1 unspecified atom stereocenters. The van der Waals surface area contributed by atoms with Gasteiger partial charge in [-0.1, -0.05) is 24.3 Å². The number of H-pyrrole nitrogens is 1. The number of nitrogens with one attached hydrogen (secondary N) is 1. The van der Waals surface area contributed by atoms with E-state index >= 15 is 0 Å². The van der Waals surface area contributed by atoms with Gasteiger partial charge >= 0.3 is 5.69 Å². The minimum atomic E-state index is -0.423. The van der Waals surface area contributed by atoms with Gasteiger partial charge in [0.25, 0.3) is 5.69 Å². The second-order valence-electron chi connectivity index (χ2n) is 7.54. The maximum atomic E-state index is 12.2. The highest BCUT2D eigenvalue weighted by Gasteiger charge is 2.16. The van der Waals surface area contributed by atoms with Crippen LogP contribution in [0.5, 0.6) is 11.6 Å². The molecule has 1 atom stereocenters. The number of ether oxygens (including phenoxy) is 1. The number of pyridine rings is 1. The van der Waals surface area contributed by atoms with Crippen LogP contribution < -0.4 is 10.4 Å². The zero-order chi connectivity index (χ0) is 23.2. The van der Waals surface area contributed by atoms with Gasteiger partial charge in [-0.2, -0.15) is 0 Å². The Morgan fingerprint density at radius 1 is 1.09 bits per heavy atom. The van der Waals surface area contributed by atoms with E-state index in [0.29, 0.717) is 18.6 Å². The van der Waals surface area contributed by atoms with E-state index in [-0.39, 0.29) is 24.2 Å². The number of nitro benzene ring substituents is 1.